The van der Waals surface area contributed by atoms with E-state index in [1.54, 1.807) is 24.0 Å². The van der Waals surface area contributed by atoms with E-state index in [0.29, 0.717) is 15.8 Å². The highest BCUT2D eigenvalue weighted by molar-refractivity contribution is 7.99. The summed E-state index contributed by atoms with van der Waals surface area (Å²) < 4.78 is 6.39. The number of rotatable bonds is 7. The minimum absolute atomic E-state index is 0.0969. The smallest absolute Gasteiger partial charge is 0.226 e. The summed E-state index contributed by atoms with van der Waals surface area (Å²) in [6.45, 7) is 5.74. The lowest BCUT2D eigenvalue weighted by atomic mass is 10.0. The second kappa shape index (κ2) is 11.2. The Morgan fingerprint density at radius 2 is 1.92 bits per heavy atom. The topological polar surface area (TPSA) is 70.4 Å². The van der Waals surface area contributed by atoms with Gasteiger partial charge >= 0.3 is 0 Å². The highest BCUT2D eigenvalue weighted by Gasteiger charge is 2.42. The molecule has 5 rings (SSSR count). The standard InChI is InChI=1S/C29H27ClN4O2S2/c1-17(2)28(35)32-22-12-9-19(16-21(22)30)34-27(26(33-29(34)37)23-6-4-5-15-31-23)24-13-14-25(36-24)38-20-10-7-18(3)8-11-20/h4-17,26-27H,1-3H3,(H,32,35)(H,33,37)/t26-,27+/m1/s1. The minimum Gasteiger partial charge on any atom is -0.452 e. The van der Waals surface area contributed by atoms with E-state index in [1.165, 1.54) is 5.56 Å². The largest absolute Gasteiger partial charge is 0.452 e. The molecule has 1 aliphatic heterocycles. The van der Waals surface area contributed by atoms with Crippen LogP contribution in [0.2, 0.25) is 5.02 Å². The molecular formula is C29H27ClN4O2S2. The Balaban J connectivity index is 1.49. The molecule has 194 valence electrons. The van der Waals surface area contributed by atoms with Crippen molar-refractivity contribution in [1.82, 2.24) is 10.3 Å². The second-order valence-corrected chi connectivity index (χ2v) is 11.2. The molecule has 0 saturated carbocycles. The quantitative estimate of drug-likeness (QED) is 0.225. The summed E-state index contributed by atoms with van der Waals surface area (Å²) in [5.74, 6) is 0.492. The number of amides is 1. The lowest BCUT2D eigenvalue weighted by molar-refractivity contribution is -0.118. The number of aromatic nitrogens is 1. The van der Waals surface area contributed by atoms with E-state index in [4.69, 9.17) is 28.2 Å². The first-order valence-electron chi connectivity index (χ1n) is 12.3. The predicted molar refractivity (Wildman–Crippen MR) is 157 cm³/mol. The Morgan fingerprint density at radius 3 is 2.61 bits per heavy atom. The molecule has 0 aliphatic carbocycles. The lowest BCUT2D eigenvalue weighted by Gasteiger charge is -2.26. The van der Waals surface area contributed by atoms with E-state index in [1.807, 2.05) is 61.2 Å². The van der Waals surface area contributed by atoms with Crippen LogP contribution in [0, 0.1) is 12.8 Å². The van der Waals surface area contributed by atoms with Gasteiger partial charge in [-0.05, 0) is 73.7 Å². The molecule has 2 aromatic carbocycles. The maximum atomic E-state index is 12.2. The van der Waals surface area contributed by atoms with Gasteiger partial charge in [-0.3, -0.25) is 9.78 Å². The third-order valence-corrected chi connectivity index (χ3v) is 7.80. The van der Waals surface area contributed by atoms with Crippen LogP contribution in [-0.4, -0.2) is 16.0 Å². The zero-order valence-corrected chi connectivity index (χ0v) is 23.5. The number of pyridine rings is 1. The van der Waals surface area contributed by atoms with Gasteiger partial charge in [-0.25, -0.2) is 0 Å². The summed E-state index contributed by atoms with van der Waals surface area (Å²) in [7, 11) is 0. The van der Waals surface area contributed by atoms with Gasteiger partial charge in [0.1, 0.15) is 11.8 Å². The van der Waals surface area contributed by atoms with Crippen LogP contribution in [0.15, 0.2) is 93.4 Å². The lowest BCUT2D eigenvalue weighted by Crippen LogP contribution is -2.29. The van der Waals surface area contributed by atoms with E-state index in [-0.39, 0.29) is 23.9 Å². The molecule has 4 aromatic rings. The van der Waals surface area contributed by atoms with Crippen LogP contribution in [0.5, 0.6) is 0 Å². The number of thiocarbonyl (C=S) groups is 1. The van der Waals surface area contributed by atoms with Gasteiger partial charge in [0.25, 0.3) is 0 Å². The van der Waals surface area contributed by atoms with Crippen molar-refractivity contribution in [3.63, 3.8) is 0 Å². The summed E-state index contributed by atoms with van der Waals surface area (Å²) in [5.41, 5.74) is 3.39. The fraction of sp³-hybridized carbons (Fsp3) is 0.207. The van der Waals surface area contributed by atoms with Crippen LogP contribution < -0.4 is 15.5 Å². The van der Waals surface area contributed by atoms with Crippen LogP contribution in [0.1, 0.15) is 42.9 Å². The first-order valence-corrected chi connectivity index (χ1v) is 13.9. The van der Waals surface area contributed by atoms with E-state index in [0.717, 1.165) is 27.1 Å². The first kappa shape index (κ1) is 26.3. The molecule has 0 radical (unpaired) electrons. The van der Waals surface area contributed by atoms with Crippen LogP contribution in [0.3, 0.4) is 0 Å². The van der Waals surface area contributed by atoms with Crippen molar-refractivity contribution in [3.8, 4) is 0 Å². The number of hydrogen-bond donors (Lipinski definition) is 2. The Bertz CT molecular complexity index is 1460. The Labute approximate surface area is 236 Å². The molecule has 1 amide bonds. The molecule has 1 aliphatic rings. The molecule has 38 heavy (non-hydrogen) atoms. The highest BCUT2D eigenvalue weighted by Crippen LogP contribution is 2.44. The number of nitrogens with zero attached hydrogens (tertiary/aromatic N) is 2. The van der Waals surface area contributed by atoms with Crippen LogP contribution in [0.4, 0.5) is 11.4 Å². The molecule has 2 atom stereocenters. The van der Waals surface area contributed by atoms with Crippen molar-refractivity contribution in [3.05, 3.63) is 101 Å². The van der Waals surface area contributed by atoms with E-state index >= 15 is 0 Å². The van der Waals surface area contributed by atoms with Gasteiger partial charge in [-0.15, -0.1) is 0 Å². The average molecular weight is 563 g/mol. The molecule has 9 heteroatoms. The first-order chi connectivity index (χ1) is 18.3. The third-order valence-electron chi connectivity index (χ3n) is 6.24. The average Bonchev–Trinajstić information content (AvgIpc) is 3.51. The number of carbonyl (C=O) groups is 1. The fourth-order valence-electron chi connectivity index (χ4n) is 4.22. The Kier molecular flexibility index (Phi) is 7.74. The van der Waals surface area contributed by atoms with Gasteiger partial charge in [0, 0.05) is 22.7 Å². The zero-order chi connectivity index (χ0) is 26.8. The molecule has 1 fully saturated rings. The number of furan rings is 1. The normalized spacial score (nSPS) is 17.1. The predicted octanol–water partition coefficient (Wildman–Crippen LogP) is 7.56. The van der Waals surface area contributed by atoms with Gasteiger partial charge in [-0.2, -0.15) is 0 Å². The number of aryl methyl sites for hydroxylation is 1. The van der Waals surface area contributed by atoms with Crippen LogP contribution in [0.25, 0.3) is 0 Å². The molecule has 0 bridgehead atoms. The maximum Gasteiger partial charge on any atom is 0.226 e. The van der Waals surface area contributed by atoms with E-state index in [9.17, 15) is 4.79 Å². The van der Waals surface area contributed by atoms with Crippen molar-refractivity contribution in [1.29, 1.82) is 0 Å². The zero-order valence-electron chi connectivity index (χ0n) is 21.1. The number of benzene rings is 2. The molecular weight excluding hydrogens is 536 g/mol. The van der Waals surface area contributed by atoms with Gasteiger partial charge in [0.15, 0.2) is 10.2 Å². The van der Waals surface area contributed by atoms with E-state index in [2.05, 4.69) is 46.8 Å². The number of halogens is 1. The number of anilines is 2. The van der Waals surface area contributed by atoms with Crippen molar-refractivity contribution < 1.29 is 9.21 Å². The van der Waals surface area contributed by atoms with Gasteiger partial charge in [0.05, 0.1) is 22.4 Å². The SMILES string of the molecule is Cc1ccc(Sc2ccc([C@H]3[C@@H](c4ccccn4)NC(=S)N3c3ccc(NC(=O)C(C)C)c(Cl)c3)o2)cc1. The Hall–Kier alpha value is -3.33. The van der Waals surface area contributed by atoms with Crippen molar-refractivity contribution in [2.24, 2.45) is 5.92 Å². The summed E-state index contributed by atoms with van der Waals surface area (Å²) in [5, 5.41) is 8.05. The molecule has 3 heterocycles. The molecule has 6 nitrogen and oxygen atoms in total. The molecule has 2 aromatic heterocycles. The van der Waals surface area contributed by atoms with Gasteiger partial charge < -0.3 is 20.0 Å². The molecule has 0 spiro atoms. The second-order valence-electron chi connectivity index (χ2n) is 9.38. The molecule has 0 unspecified atom stereocenters. The van der Waals surface area contributed by atoms with Crippen LogP contribution in [-0.2, 0) is 4.79 Å². The number of carbonyl (C=O) groups excluding carboxylic acids is 1. The third kappa shape index (κ3) is 5.57. The maximum absolute atomic E-state index is 12.2. The van der Waals surface area contributed by atoms with E-state index < -0.39 is 0 Å². The van der Waals surface area contributed by atoms with Crippen LogP contribution >= 0.6 is 35.6 Å². The molecule has 1 saturated heterocycles. The summed E-state index contributed by atoms with van der Waals surface area (Å²) >= 11 is 14.0. The van der Waals surface area contributed by atoms with Crippen molar-refractivity contribution >= 4 is 58.0 Å². The fourth-order valence-corrected chi connectivity index (χ4v) is 5.57. The van der Waals surface area contributed by atoms with Gasteiger partial charge in [0.2, 0.25) is 5.91 Å². The summed E-state index contributed by atoms with van der Waals surface area (Å²) in [6, 6.07) is 23.1. The monoisotopic (exact) mass is 562 g/mol. The van der Waals surface area contributed by atoms with Crippen molar-refractivity contribution in [2.45, 2.75) is 42.8 Å². The van der Waals surface area contributed by atoms with Gasteiger partial charge in [-0.1, -0.05) is 61.0 Å². The minimum atomic E-state index is -0.308. The summed E-state index contributed by atoms with van der Waals surface area (Å²) in [4.78, 5) is 19.9. The number of hydrogen-bond acceptors (Lipinski definition) is 5. The van der Waals surface area contributed by atoms with Crippen molar-refractivity contribution in [2.75, 3.05) is 10.2 Å². The Morgan fingerprint density at radius 1 is 1.13 bits per heavy atom. The summed E-state index contributed by atoms with van der Waals surface area (Å²) in [6.07, 6.45) is 1.77. The number of nitrogens with one attached hydrogen (secondary N) is 2. The highest BCUT2D eigenvalue weighted by atomic mass is 35.5. The molecule has 2 N–H and O–H groups in total.